The van der Waals surface area contributed by atoms with Crippen LogP contribution in [0.1, 0.15) is 0 Å². The zero-order chi connectivity index (χ0) is 21.1. The van der Waals surface area contributed by atoms with Crippen molar-refractivity contribution in [1.29, 1.82) is 0 Å². The average Bonchev–Trinajstić information content (AvgIpc) is 3.49. The molecule has 0 amide bonds. The van der Waals surface area contributed by atoms with Crippen LogP contribution in [0.4, 0.5) is 0 Å². The lowest BCUT2D eigenvalue weighted by Gasteiger charge is -2.18. The van der Waals surface area contributed by atoms with Gasteiger partial charge in [-0.2, -0.15) is 0 Å². The number of imidazole rings is 1. The van der Waals surface area contributed by atoms with E-state index in [1.807, 2.05) is 45.7 Å². The minimum Gasteiger partial charge on any atom is -0.495 e. The maximum Gasteiger partial charge on any atom is 0.204 e. The maximum absolute atomic E-state index is 5.65. The molecule has 30 heavy (non-hydrogen) atoms. The summed E-state index contributed by atoms with van der Waals surface area (Å²) in [4.78, 5) is 4.57. The lowest BCUT2D eigenvalue weighted by molar-refractivity contribution is 0.325. The van der Waals surface area contributed by atoms with Crippen molar-refractivity contribution >= 4 is 0 Å². The number of hydrogen-bond donors (Lipinski definition) is 0. The number of nitrogens with zero attached hydrogens (tertiary/aromatic N) is 5. The molecular formula is C21H21N5O4. The smallest absolute Gasteiger partial charge is 0.204 e. The molecule has 2 heterocycles. The predicted octanol–water partition coefficient (Wildman–Crippen LogP) is 3.15. The number of aromatic nitrogens is 5. The van der Waals surface area contributed by atoms with Crippen molar-refractivity contribution in [1.82, 2.24) is 24.3 Å². The molecule has 0 saturated carbocycles. The Labute approximate surface area is 173 Å². The molecule has 0 N–H and O–H groups in total. The highest BCUT2D eigenvalue weighted by molar-refractivity contribution is 5.74. The van der Waals surface area contributed by atoms with Crippen LogP contribution >= 0.6 is 0 Å². The molecule has 0 radical (unpaired) electrons. The Bertz CT molecular complexity index is 1150. The molecule has 9 nitrogen and oxygen atoms in total. The first-order valence-electron chi connectivity index (χ1n) is 9.08. The second-order valence-corrected chi connectivity index (χ2v) is 6.23. The molecule has 0 aliphatic rings. The first kappa shape index (κ1) is 19.3. The lowest BCUT2D eigenvalue weighted by Crippen LogP contribution is -2.03. The van der Waals surface area contributed by atoms with Crippen LogP contribution in [-0.4, -0.2) is 52.8 Å². The molecular weight excluding hydrogens is 386 g/mol. The van der Waals surface area contributed by atoms with Gasteiger partial charge < -0.3 is 18.9 Å². The zero-order valence-corrected chi connectivity index (χ0v) is 17.1. The maximum atomic E-state index is 5.65. The van der Waals surface area contributed by atoms with Crippen LogP contribution in [-0.2, 0) is 0 Å². The van der Waals surface area contributed by atoms with Crippen molar-refractivity contribution in [2.75, 3.05) is 28.4 Å². The monoisotopic (exact) mass is 407 g/mol. The summed E-state index contributed by atoms with van der Waals surface area (Å²) in [5.74, 6) is 2.94. The van der Waals surface area contributed by atoms with Crippen LogP contribution in [0.25, 0.3) is 22.8 Å². The van der Waals surface area contributed by atoms with Crippen LogP contribution in [0.2, 0.25) is 0 Å². The van der Waals surface area contributed by atoms with Gasteiger partial charge >= 0.3 is 0 Å². The van der Waals surface area contributed by atoms with E-state index in [-0.39, 0.29) is 0 Å². The van der Waals surface area contributed by atoms with E-state index in [9.17, 15) is 0 Å². The van der Waals surface area contributed by atoms with Crippen molar-refractivity contribution in [3.05, 3.63) is 55.4 Å². The van der Waals surface area contributed by atoms with Gasteiger partial charge in [-0.15, -0.1) is 10.2 Å². The van der Waals surface area contributed by atoms with Crippen molar-refractivity contribution in [2.45, 2.75) is 0 Å². The Balaban J connectivity index is 1.91. The minimum atomic E-state index is 0.497. The van der Waals surface area contributed by atoms with E-state index in [1.54, 1.807) is 47.3 Å². The molecule has 0 fully saturated rings. The van der Waals surface area contributed by atoms with E-state index in [2.05, 4.69) is 15.2 Å². The van der Waals surface area contributed by atoms with Crippen molar-refractivity contribution in [2.24, 2.45) is 0 Å². The minimum absolute atomic E-state index is 0.497. The Morgan fingerprint density at radius 2 is 1.47 bits per heavy atom. The number of benzene rings is 2. The molecule has 0 atom stereocenters. The molecule has 0 bridgehead atoms. The number of hydrogen-bond acceptors (Lipinski definition) is 7. The van der Waals surface area contributed by atoms with Crippen LogP contribution in [0, 0.1) is 0 Å². The van der Waals surface area contributed by atoms with Gasteiger partial charge in [0.15, 0.2) is 11.5 Å². The van der Waals surface area contributed by atoms with E-state index in [4.69, 9.17) is 18.9 Å². The van der Waals surface area contributed by atoms with E-state index < -0.39 is 0 Å². The first-order valence-corrected chi connectivity index (χ1v) is 9.08. The first-order chi connectivity index (χ1) is 14.7. The third-order valence-corrected chi connectivity index (χ3v) is 4.72. The summed E-state index contributed by atoms with van der Waals surface area (Å²) >= 11 is 0. The van der Waals surface area contributed by atoms with Crippen molar-refractivity contribution in [3.63, 3.8) is 0 Å². The molecule has 0 spiro atoms. The van der Waals surface area contributed by atoms with Gasteiger partial charge in [0, 0.05) is 12.4 Å². The molecule has 0 unspecified atom stereocenters. The summed E-state index contributed by atoms with van der Waals surface area (Å²) in [5.41, 5.74) is 2.43. The Kier molecular flexibility index (Phi) is 5.25. The zero-order valence-electron chi connectivity index (χ0n) is 17.1. The normalized spacial score (nSPS) is 10.7. The van der Waals surface area contributed by atoms with Gasteiger partial charge in [0.1, 0.15) is 24.2 Å². The molecule has 0 saturated heterocycles. The second kappa shape index (κ2) is 8.16. The van der Waals surface area contributed by atoms with Crippen LogP contribution in [0.5, 0.6) is 23.0 Å². The van der Waals surface area contributed by atoms with E-state index in [0.717, 1.165) is 16.9 Å². The Hall–Kier alpha value is -4.01. The van der Waals surface area contributed by atoms with Gasteiger partial charge in [0.05, 0.1) is 45.4 Å². The fourth-order valence-electron chi connectivity index (χ4n) is 3.34. The number of methoxy groups -OCH3 is 4. The summed E-state index contributed by atoms with van der Waals surface area (Å²) in [6.45, 7) is 0. The molecule has 0 aliphatic carbocycles. The Morgan fingerprint density at radius 1 is 0.767 bits per heavy atom. The topological polar surface area (TPSA) is 85.5 Å². The summed E-state index contributed by atoms with van der Waals surface area (Å²) in [6, 6.07) is 9.50. The van der Waals surface area contributed by atoms with Gasteiger partial charge in [-0.25, -0.2) is 4.98 Å². The fraction of sp³-hybridized carbons (Fsp3) is 0.190. The van der Waals surface area contributed by atoms with E-state index in [0.29, 0.717) is 28.8 Å². The van der Waals surface area contributed by atoms with Gasteiger partial charge in [0.2, 0.25) is 5.75 Å². The van der Waals surface area contributed by atoms with Gasteiger partial charge in [0.25, 0.3) is 0 Å². The number of rotatable bonds is 7. The molecule has 154 valence electrons. The summed E-state index contributed by atoms with van der Waals surface area (Å²) < 4.78 is 25.9. The van der Waals surface area contributed by atoms with Gasteiger partial charge in [-0.05, 0) is 30.3 Å². The standard InChI is InChI=1S/C21H21N5O4/c1-27-17-7-5-14(25-12-23-24-13-25)11-16(17)26-10-9-22-21(26)15-6-8-18(28-2)20(30-4)19(15)29-3/h5-13H,1-4H3. The molecule has 4 aromatic rings. The third kappa shape index (κ3) is 3.20. The average molecular weight is 407 g/mol. The fourth-order valence-corrected chi connectivity index (χ4v) is 3.34. The third-order valence-electron chi connectivity index (χ3n) is 4.72. The highest BCUT2D eigenvalue weighted by atomic mass is 16.5. The van der Waals surface area contributed by atoms with Crippen LogP contribution in [0.3, 0.4) is 0 Å². The molecule has 2 aromatic heterocycles. The van der Waals surface area contributed by atoms with E-state index >= 15 is 0 Å². The van der Waals surface area contributed by atoms with Crippen molar-refractivity contribution in [3.8, 4) is 45.8 Å². The summed E-state index contributed by atoms with van der Waals surface area (Å²) in [7, 11) is 6.37. The molecule has 2 aromatic carbocycles. The van der Waals surface area contributed by atoms with Crippen LogP contribution < -0.4 is 18.9 Å². The molecule has 9 heteroatoms. The molecule has 0 aliphatic heterocycles. The van der Waals surface area contributed by atoms with Crippen molar-refractivity contribution < 1.29 is 18.9 Å². The Morgan fingerprint density at radius 3 is 2.13 bits per heavy atom. The SMILES string of the molecule is COc1ccc(-n2cnnc2)cc1-n1ccnc1-c1ccc(OC)c(OC)c1OC. The summed E-state index contributed by atoms with van der Waals surface area (Å²) in [5, 5.41) is 7.75. The summed E-state index contributed by atoms with van der Waals surface area (Å²) in [6.07, 6.45) is 6.85. The largest absolute Gasteiger partial charge is 0.495 e. The lowest BCUT2D eigenvalue weighted by atomic mass is 10.1. The predicted molar refractivity (Wildman–Crippen MR) is 110 cm³/mol. The van der Waals surface area contributed by atoms with Crippen LogP contribution in [0.15, 0.2) is 55.4 Å². The highest BCUT2D eigenvalue weighted by Gasteiger charge is 2.21. The van der Waals surface area contributed by atoms with E-state index in [1.165, 1.54) is 0 Å². The number of ether oxygens (including phenoxy) is 4. The van der Waals surface area contributed by atoms with Gasteiger partial charge in [-0.1, -0.05) is 0 Å². The quantitative estimate of drug-likeness (QED) is 0.465. The molecule has 4 rings (SSSR count). The highest BCUT2D eigenvalue weighted by Crippen LogP contribution is 2.44. The second-order valence-electron chi connectivity index (χ2n) is 6.23. The van der Waals surface area contributed by atoms with Gasteiger partial charge in [-0.3, -0.25) is 9.13 Å².